The number of benzene rings is 3. The molecule has 5 heteroatoms. The molecule has 0 amide bonds. The van der Waals surface area contributed by atoms with Gasteiger partial charge in [-0.1, -0.05) is 38.1 Å². The van der Waals surface area contributed by atoms with Crippen LogP contribution < -0.4 is 4.90 Å². The lowest BCUT2D eigenvalue weighted by Crippen LogP contribution is -2.43. The van der Waals surface area contributed by atoms with Crippen LogP contribution >= 0.6 is 0 Å². The van der Waals surface area contributed by atoms with E-state index >= 15 is 4.39 Å². The molecule has 4 rings (SSSR count). The van der Waals surface area contributed by atoms with Crippen LogP contribution in [0.5, 0.6) is 5.75 Å². The summed E-state index contributed by atoms with van der Waals surface area (Å²) in [6, 6.07) is 16.9. The number of phenolic OH excluding ortho intramolecular Hbond substituents is 1. The van der Waals surface area contributed by atoms with Crippen molar-refractivity contribution in [2.75, 3.05) is 12.0 Å². The molecule has 1 aliphatic heterocycles. The van der Waals surface area contributed by atoms with E-state index in [2.05, 4.69) is 54.7 Å². The van der Waals surface area contributed by atoms with Crippen molar-refractivity contribution < 1.29 is 19.0 Å². The number of esters is 1. The number of ether oxygens (including phenoxy) is 1. The van der Waals surface area contributed by atoms with Crippen molar-refractivity contribution in [3.05, 3.63) is 99.9 Å². The van der Waals surface area contributed by atoms with Crippen LogP contribution in [0.15, 0.2) is 60.7 Å². The molecule has 0 radical (unpaired) electrons. The van der Waals surface area contributed by atoms with Crippen molar-refractivity contribution in [1.29, 1.82) is 0 Å². The van der Waals surface area contributed by atoms with E-state index in [1.165, 1.54) is 24.8 Å². The number of nitrogens with zero attached hydrogens (tertiary/aromatic N) is 1. The highest BCUT2D eigenvalue weighted by atomic mass is 19.1. The molecule has 4 nitrogen and oxygen atoms in total. The molecule has 35 heavy (non-hydrogen) atoms. The van der Waals surface area contributed by atoms with Crippen LogP contribution in [0.1, 0.15) is 66.1 Å². The fourth-order valence-electron chi connectivity index (χ4n) is 5.04. The second-order valence-electron chi connectivity index (χ2n) is 9.58. The maximum Gasteiger partial charge on any atom is 0.330 e. The number of carbonyl (C=O) groups is 1. The zero-order valence-electron chi connectivity index (χ0n) is 20.9. The first-order valence-electron chi connectivity index (χ1n) is 12.0. The van der Waals surface area contributed by atoms with Crippen LogP contribution in [-0.4, -0.2) is 24.2 Å². The molecule has 3 aromatic rings. The number of phenols is 1. The van der Waals surface area contributed by atoms with Gasteiger partial charge in [0, 0.05) is 23.4 Å². The van der Waals surface area contributed by atoms with Gasteiger partial charge in [0.25, 0.3) is 0 Å². The number of methoxy groups -OCH3 is 1. The predicted octanol–water partition coefficient (Wildman–Crippen LogP) is 6.69. The van der Waals surface area contributed by atoms with E-state index in [1.807, 2.05) is 19.1 Å². The molecule has 1 aliphatic rings. The first-order valence-corrected chi connectivity index (χ1v) is 12.0. The number of anilines is 1. The van der Waals surface area contributed by atoms with Gasteiger partial charge in [0.2, 0.25) is 0 Å². The number of halogens is 1. The van der Waals surface area contributed by atoms with Gasteiger partial charge in [-0.15, -0.1) is 0 Å². The van der Waals surface area contributed by atoms with Crippen molar-refractivity contribution in [2.45, 2.75) is 52.1 Å². The Kier molecular flexibility index (Phi) is 6.97. The summed E-state index contributed by atoms with van der Waals surface area (Å²) in [6.07, 6.45) is 3.59. The molecule has 0 saturated heterocycles. The van der Waals surface area contributed by atoms with Gasteiger partial charge >= 0.3 is 5.97 Å². The van der Waals surface area contributed by atoms with Gasteiger partial charge in [0.05, 0.1) is 13.2 Å². The Morgan fingerprint density at radius 3 is 2.49 bits per heavy atom. The average molecular weight is 474 g/mol. The Morgan fingerprint density at radius 2 is 1.86 bits per heavy atom. The van der Waals surface area contributed by atoms with E-state index in [9.17, 15) is 9.90 Å². The molecule has 182 valence electrons. The number of rotatable bonds is 5. The molecule has 0 aliphatic carbocycles. The normalized spacial score (nSPS) is 17.6. The lowest BCUT2D eigenvalue weighted by molar-refractivity contribution is -0.134. The summed E-state index contributed by atoms with van der Waals surface area (Å²) in [4.78, 5) is 13.8. The lowest BCUT2D eigenvalue weighted by atomic mass is 9.82. The average Bonchev–Trinajstić information content (AvgIpc) is 2.81. The fourth-order valence-corrected chi connectivity index (χ4v) is 5.04. The van der Waals surface area contributed by atoms with E-state index in [0.29, 0.717) is 17.0 Å². The summed E-state index contributed by atoms with van der Waals surface area (Å²) < 4.78 is 20.5. The summed E-state index contributed by atoms with van der Waals surface area (Å²) in [5.74, 6) is -0.188. The summed E-state index contributed by atoms with van der Waals surface area (Å²) in [7, 11) is 1.31. The SMILES string of the molecule is COC(=O)/C=C/c1cc(C)c([C@@H]2c3ccc(O)cc3C[C@@H](C)N2c2ccc(C(C)C)cc2)c(F)c1. The van der Waals surface area contributed by atoms with Gasteiger partial charge in [-0.2, -0.15) is 0 Å². The van der Waals surface area contributed by atoms with Gasteiger partial charge < -0.3 is 14.7 Å². The van der Waals surface area contributed by atoms with Crippen molar-refractivity contribution in [3.63, 3.8) is 0 Å². The van der Waals surface area contributed by atoms with Gasteiger partial charge in [-0.05, 0) is 90.4 Å². The topological polar surface area (TPSA) is 49.8 Å². The van der Waals surface area contributed by atoms with E-state index in [0.717, 1.165) is 28.8 Å². The lowest BCUT2D eigenvalue weighted by Gasteiger charge is -2.44. The second-order valence-corrected chi connectivity index (χ2v) is 9.58. The second kappa shape index (κ2) is 9.95. The van der Waals surface area contributed by atoms with E-state index in [-0.39, 0.29) is 23.7 Å². The monoisotopic (exact) mass is 473 g/mol. The maximum absolute atomic E-state index is 15.8. The number of hydrogen-bond acceptors (Lipinski definition) is 4. The molecule has 2 atom stereocenters. The molecule has 3 aromatic carbocycles. The zero-order valence-corrected chi connectivity index (χ0v) is 20.9. The van der Waals surface area contributed by atoms with Crippen molar-refractivity contribution in [1.82, 2.24) is 0 Å². The molecule has 0 fully saturated rings. The third-order valence-corrected chi connectivity index (χ3v) is 6.79. The zero-order chi connectivity index (χ0) is 25.3. The van der Waals surface area contributed by atoms with Crippen LogP contribution in [0.2, 0.25) is 0 Å². The standard InChI is InChI=1S/C30H32FNO3/c1-18(2)22-7-9-24(10-8-22)32-20(4)15-23-17-25(33)11-12-26(23)30(32)29-19(3)14-21(16-27(29)31)6-13-28(34)35-5/h6-14,16-18,20,30,33H,15H2,1-5H3/b13-6+/t20-,30+/m1/s1. The summed E-state index contributed by atoms with van der Waals surface area (Å²) in [6.45, 7) is 8.36. The molecule has 0 bridgehead atoms. The number of aryl methyl sites for hydroxylation is 1. The molecule has 0 unspecified atom stereocenters. The quantitative estimate of drug-likeness (QED) is 0.331. The molecule has 0 aromatic heterocycles. The largest absolute Gasteiger partial charge is 0.508 e. The Balaban J connectivity index is 1.87. The first kappa shape index (κ1) is 24.5. The highest BCUT2D eigenvalue weighted by Crippen LogP contribution is 2.44. The Bertz CT molecular complexity index is 1240. The van der Waals surface area contributed by atoms with Crippen LogP contribution in [0.25, 0.3) is 6.08 Å². The molecular weight excluding hydrogens is 441 g/mol. The summed E-state index contributed by atoms with van der Waals surface area (Å²) in [5.41, 5.74) is 6.25. The van der Waals surface area contributed by atoms with E-state index < -0.39 is 5.97 Å². The van der Waals surface area contributed by atoms with Crippen LogP contribution in [-0.2, 0) is 16.0 Å². The van der Waals surface area contributed by atoms with E-state index in [1.54, 1.807) is 18.2 Å². The van der Waals surface area contributed by atoms with Gasteiger partial charge in [0.15, 0.2) is 0 Å². The Morgan fingerprint density at radius 1 is 1.14 bits per heavy atom. The van der Waals surface area contributed by atoms with Crippen molar-refractivity contribution in [2.24, 2.45) is 0 Å². The minimum absolute atomic E-state index is 0.0805. The highest BCUT2D eigenvalue weighted by molar-refractivity contribution is 5.87. The smallest absolute Gasteiger partial charge is 0.330 e. The highest BCUT2D eigenvalue weighted by Gasteiger charge is 2.36. The Labute approximate surface area is 206 Å². The minimum atomic E-state index is -0.488. The number of aromatic hydroxyl groups is 1. The first-order chi connectivity index (χ1) is 16.7. The maximum atomic E-state index is 15.8. The third-order valence-electron chi connectivity index (χ3n) is 6.79. The molecule has 0 saturated carbocycles. The molecule has 0 spiro atoms. The fraction of sp³-hybridized carbons (Fsp3) is 0.300. The van der Waals surface area contributed by atoms with E-state index in [4.69, 9.17) is 0 Å². The van der Waals surface area contributed by atoms with Gasteiger partial charge in [-0.25, -0.2) is 9.18 Å². The number of fused-ring (bicyclic) bond motifs is 1. The van der Waals surface area contributed by atoms with Crippen LogP contribution in [0.3, 0.4) is 0 Å². The predicted molar refractivity (Wildman–Crippen MR) is 138 cm³/mol. The molecule has 1 N–H and O–H groups in total. The summed E-state index contributed by atoms with van der Waals surface area (Å²) >= 11 is 0. The third kappa shape index (κ3) is 4.95. The number of hydrogen-bond donors (Lipinski definition) is 1. The van der Waals surface area contributed by atoms with Crippen LogP contribution in [0, 0.1) is 12.7 Å². The summed E-state index contributed by atoms with van der Waals surface area (Å²) in [5, 5.41) is 10.1. The molecule has 1 heterocycles. The van der Waals surface area contributed by atoms with Crippen LogP contribution in [0.4, 0.5) is 10.1 Å². The minimum Gasteiger partial charge on any atom is -0.508 e. The molecular formula is C30H32FNO3. The Hall–Kier alpha value is -3.60. The van der Waals surface area contributed by atoms with Crippen molar-refractivity contribution >= 4 is 17.7 Å². The van der Waals surface area contributed by atoms with Crippen molar-refractivity contribution in [3.8, 4) is 5.75 Å². The van der Waals surface area contributed by atoms with Gasteiger partial charge in [0.1, 0.15) is 11.6 Å². The number of carbonyl (C=O) groups excluding carboxylic acids is 1. The van der Waals surface area contributed by atoms with Gasteiger partial charge in [-0.3, -0.25) is 0 Å².